The smallest absolute Gasteiger partial charge is 0.227 e. The van der Waals surface area contributed by atoms with E-state index in [-0.39, 0.29) is 5.91 Å². The molecular weight excluding hydrogens is 274 g/mol. The van der Waals surface area contributed by atoms with Crippen molar-refractivity contribution in [1.29, 1.82) is 0 Å². The lowest BCUT2D eigenvalue weighted by Crippen LogP contribution is -2.23. The van der Waals surface area contributed by atoms with Gasteiger partial charge < -0.3 is 9.64 Å². The summed E-state index contributed by atoms with van der Waals surface area (Å²) in [5.41, 5.74) is 0.927. The van der Waals surface area contributed by atoms with E-state index in [9.17, 15) is 4.79 Å². The Morgan fingerprint density at radius 3 is 2.10 bits per heavy atom. The summed E-state index contributed by atoms with van der Waals surface area (Å²) in [5.74, 6) is 1.67. The summed E-state index contributed by atoms with van der Waals surface area (Å²) in [6, 6.07) is 14.8. The van der Waals surface area contributed by atoms with E-state index in [4.69, 9.17) is 16.3 Å². The molecule has 2 aromatic carbocycles. The summed E-state index contributed by atoms with van der Waals surface area (Å²) in [6.07, 6.45) is 1.57. The molecule has 20 heavy (non-hydrogen) atoms. The molecule has 1 fully saturated rings. The van der Waals surface area contributed by atoms with Gasteiger partial charge in [-0.05, 0) is 55.0 Å². The third-order valence-corrected chi connectivity index (χ3v) is 3.52. The highest BCUT2D eigenvalue weighted by molar-refractivity contribution is 6.30. The Labute approximate surface area is 122 Å². The summed E-state index contributed by atoms with van der Waals surface area (Å²) >= 11 is 5.83. The molecule has 0 aliphatic carbocycles. The van der Waals surface area contributed by atoms with Crippen molar-refractivity contribution >= 4 is 23.2 Å². The number of amides is 1. The van der Waals surface area contributed by atoms with Crippen LogP contribution in [0.15, 0.2) is 48.5 Å². The summed E-state index contributed by atoms with van der Waals surface area (Å²) in [4.78, 5) is 13.5. The number of hydrogen-bond donors (Lipinski definition) is 0. The molecule has 0 atom stereocenters. The van der Waals surface area contributed by atoms with Crippen LogP contribution in [0.1, 0.15) is 12.8 Å². The predicted molar refractivity (Wildman–Crippen MR) is 79.6 cm³/mol. The van der Waals surface area contributed by atoms with Crippen molar-refractivity contribution in [2.75, 3.05) is 11.4 Å². The molecule has 2 aromatic rings. The van der Waals surface area contributed by atoms with E-state index in [1.807, 2.05) is 41.3 Å². The molecule has 0 bridgehead atoms. The van der Waals surface area contributed by atoms with E-state index in [2.05, 4.69) is 0 Å². The molecule has 1 heterocycles. The normalized spacial score (nSPS) is 14.7. The van der Waals surface area contributed by atoms with E-state index in [1.54, 1.807) is 12.1 Å². The van der Waals surface area contributed by atoms with Crippen LogP contribution in [0.4, 0.5) is 5.69 Å². The molecule has 3 rings (SSSR count). The maximum atomic E-state index is 11.7. The van der Waals surface area contributed by atoms with Gasteiger partial charge in [-0.1, -0.05) is 11.6 Å². The van der Waals surface area contributed by atoms with Crippen LogP contribution in [-0.4, -0.2) is 12.5 Å². The molecule has 0 N–H and O–H groups in total. The number of ether oxygens (including phenoxy) is 1. The Morgan fingerprint density at radius 2 is 1.55 bits per heavy atom. The van der Waals surface area contributed by atoms with Gasteiger partial charge in [-0.3, -0.25) is 4.79 Å². The van der Waals surface area contributed by atoms with Crippen LogP contribution in [0.3, 0.4) is 0 Å². The zero-order valence-corrected chi connectivity index (χ0v) is 11.6. The first-order chi connectivity index (χ1) is 9.72. The topological polar surface area (TPSA) is 29.5 Å². The van der Waals surface area contributed by atoms with Gasteiger partial charge in [-0.2, -0.15) is 0 Å². The third kappa shape index (κ3) is 2.78. The van der Waals surface area contributed by atoms with Gasteiger partial charge in [0.25, 0.3) is 0 Å². The number of halogens is 1. The number of carbonyl (C=O) groups excluding carboxylic acids is 1. The zero-order chi connectivity index (χ0) is 13.9. The van der Waals surface area contributed by atoms with E-state index in [1.165, 1.54) is 0 Å². The van der Waals surface area contributed by atoms with Crippen molar-refractivity contribution < 1.29 is 9.53 Å². The lowest BCUT2D eigenvalue weighted by atomic mass is 10.2. The first-order valence-electron chi connectivity index (χ1n) is 6.56. The van der Waals surface area contributed by atoms with Crippen molar-refractivity contribution in [3.8, 4) is 11.5 Å². The summed E-state index contributed by atoms with van der Waals surface area (Å²) < 4.78 is 5.72. The van der Waals surface area contributed by atoms with E-state index >= 15 is 0 Å². The SMILES string of the molecule is O=C1CCCN1c1ccc(Oc2ccc(Cl)cc2)cc1. The molecule has 0 unspecified atom stereocenters. The monoisotopic (exact) mass is 287 g/mol. The van der Waals surface area contributed by atoms with Crippen molar-refractivity contribution in [3.05, 3.63) is 53.6 Å². The molecule has 1 aliphatic heterocycles. The van der Waals surface area contributed by atoms with Crippen LogP contribution in [0.2, 0.25) is 5.02 Å². The van der Waals surface area contributed by atoms with Crippen molar-refractivity contribution in [2.24, 2.45) is 0 Å². The second-order valence-electron chi connectivity index (χ2n) is 4.70. The van der Waals surface area contributed by atoms with Crippen LogP contribution < -0.4 is 9.64 Å². The number of anilines is 1. The molecule has 4 heteroatoms. The predicted octanol–water partition coefficient (Wildman–Crippen LogP) is 4.26. The number of rotatable bonds is 3. The summed E-state index contributed by atoms with van der Waals surface area (Å²) in [6.45, 7) is 0.802. The molecule has 1 aliphatic rings. The molecule has 1 amide bonds. The second-order valence-corrected chi connectivity index (χ2v) is 5.14. The number of carbonyl (C=O) groups is 1. The Bertz CT molecular complexity index is 607. The number of nitrogens with zero attached hydrogens (tertiary/aromatic N) is 1. The highest BCUT2D eigenvalue weighted by Crippen LogP contribution is 2.27. The first kappa shape index (κ1) is 13.0. The van der Waals surface area contributed by atoms with Crippen molar-refractivity contribution in [2.45, 2.75) is 12.8 Å². The van der Waals surface area contributed by atoms with Crippen LogP contribution >= 0.6 is 11.6 Å². The minimum atomic E-state index is 0.191. The summed E-state index contributed by atoms with van der Waals surface area (Å²) in [7, 11) is 0. The van der Waals surface area contributed by atoms with Gasteiger partial charge in [-0.25, -0.2) is 0 Å². The maximum absolute atomic E-state index is 11.7. The number of hydrogen-bond acceptors (Lipinski definition) is 2. The fourth-order valence-electron chi connectivity index (χ4n) is 2.25. The van der Waals surface area contributed by atoms with Crippen LogP contribution in [0.25, 0.3) is 0 Å². The summed E-state index contributed by atoms with van der Waals surface area (Å²) in [5, 5.41) is 0.681. The molecule has 0 aromatic heterocycles. The highest BCUT2D eigenvalue weighted by Gasteiger charge is 2.21. The Morgan fingerprint density at radius 1 is 0.950 bits per heavy atom. The standard InChI is InChI=1S/C16H14ClNO2/c17-12-3-7-14(8-4-12)20-15-9-5-13(6-10-15)18-11-1-2-16(18)19/h3-10H,1-2,11H2. The van der Waals surface area contributed by atoms with Crippen LogP contribution in [0.5, 0.6) is 11.5 Å². The van der Waals surface area contributed by atoms with Crippen molar-refractivity contribution in [3.63, 3.8) is 0 Å². The van der Waals surface area contributed by atoms with Gasteiger partial charge in [0.1, 0.15) is 11.5 Å². The average molecular weight is 288 g/mol. The zero-order valence-electron chi connectivity index (χ0n) is 10.9. The Hall–Kier alpha value is -2.00. The van der Waals surface area contributed by atoms with Gasteiger partial charge in [0, 0.05) is 23.7 Å². The minimum Gasteiger partial charge on any atom is -0.457 e. The lowest BCUT2D eigenvalue weighted by Gasteiger charge is -2.16. The lowest BCUT2D eigenvalue weighted by molar-refractivity contribution is -0.117. The quantitative estimate of drug-likeness (QED) is 0.844. The minimum absolute atomic E-state index is 0.191. The number of benzene rings is 2. The van der Waals surface area contributed by atoms with E-state index in [0.717, 1.165) is 30.2 Å². The van der Waals surface area contributed by atoms with E-state index in [0.29, 0.717) is 11.4 Å². The van der Waals surface area contributed by atoms with Crippen LogP contribution in [0, 0.1) is 0 Å². The van der Waals surface area contributed by atoms with Crippen molar-refractivity contribution in [1.82, 2.24) is 0 Å². The molecule has 0 saturated carbocycles. The van der Waals surface area contributed by atoms with E-state index < -0.39 is 0 Å². The van der Waals surface area contributed by atoms with Gasteiger partial charge in [-0.15, -0.1) is 0 Å². The average Bonchev–Trinajstić information content (AvgIpc) is 2.89. The maximum Gasteiger partial charge on any atom is 0.227 e. The van der Waals surface area contributed by atoms with Gasteiger partial charge in [0.05, 0.1) is 0 Å². The molecule has 1 saturated heterocycles. The molecule has 3 nitrogen and oxygen atoms in total. The Balaban J connectivity index is 1.73. The molecule has 102 valence electrons. The molecule has 0 spiro atoms. The molecule has 0 radical (unpaired) electrons. The van der Waals surface area contributed by atoms with Crippen LogP contribution in [-0.2, 0) is 4.79 Å². The fraction of sp³-hybridized carbons (Fsp3) is 0.188. The largest absolute Gasteiger partial charge is 0.457 e. The fourth-order valence-corrected chi connectivity index (χ4v) is 2.38. The van der Waals surface area contributed by atoms with Gasteiger partial charge >= 0.3 is 0 Å². The Kier molecular flexibility index (Phi) is 3.61. The third-order valence-electron chi connectivity index (χ3n) is 3.27. The highest BCUT2D eigenvalue weighted by atomic mass is 35.5. The van der Waals surface area contributed by atoms with Gasteiger partial charge in [0.15, 0.2) is 0 Å². The molecular formula is C16H14ClNO2. The second kappa shape index (κ2) is 5.55. The first-order valence-corrected chi connectivity index (χ1v) is 6.94. The van der Waals surface area contributed by atoms with Gasteiger partial charge in [0.2, 0.25) is 5.91 Å².